The zero-order chi connectivity index (χ0) is 25.9. The molecule has 1 aliphatic carbocycles. The number of amides is 1. The molecule has 2 fully saturated rings. The maximum Gasteiger partial charge on any atom is 0.407 e. The van der Waals surface area contributed by atoms with Crippen LogP contribution in [0.2, 0.25) is 0 Å². The van der Waals surface area contributed by atoms with Crippen LogP contribution in [0.25, 0.3) is 27.8 Å². The summed E-state index contributed by atoms with van der Waals surface area (Å²) in [6, 6.07) is 10.9. The molecule has 0 bridgehead atoms. The highest BCUT2D eigenvalue weighted by Crippen LogP contribution is 2.53. The number of benzene rings is 1. The summed E-state index contributed by atoms with van der Waals surface area (Å²) in [5, 5.41) is 15.3. The normalized spacial score (nSPS) is 20.7. The topological polar surface area (TPSA) is 101 Å². The Labute approximate surface area is 219 Å². The lowest BCUT2D eigenvalue weighted by molar-refractivity contribution is 0.0876. The zero-order valence-corrected chi connectivity index (χ0v) is 21.2. The van der Waals surface area contributed by atoms with E-state index in [1.165, 1.54) is 5.56 Å². The van der Waals surface area contributed by atoms with Crippen molar-refractivity contribution in [2.24, 2.45) is 0 Å². The van der Waals surface area contributed by atoms with Crippen LogP contribution in [0, 0.1) is 0 Å². The molecular formula is C29H29N7O2. The average molecular weight is 508 g/mol. The first kappa shape index (κ1) is 22.9. The van der Waals surface area contributed by atoms with Gasteiger partial charge in [0.05, 0.1) is 29.6 Å². The third-order valence-electron chi connectivity index (χ3n) is 8.47. The molecule has 1 aromatic carbocycles. The first-order chi connectivity index (χ1) is 18.6. The fourth-order valence-corrected chi connectivity index (χ4v) is 6.16. The van der Waals surface area contributed by atoms with Crippen LogP contribution in [0.3, 0.4) is 0 Å². The number of nitrogens with zero attached hydrogens (tertiary/aromatic N) is 7. The van der Waals surface area contributed by atoms with Crippen LogP contribution in [0.4, 0.5) is 4.79 Å². The van der Waals surface area contributed by atoms with Gasteiger partial charge in [0.1, 0.15) is 0 Å². The van der Waals surface area contributed by atoms with Crippen molar-refractivity contribution in [1.82, 2.24) is 34.0 Å². The van der Waals surface area contributed by atoms with E-state index in [0.29, 0.717) is 12.3 Å². The number of piperidine rings is 1. The summed E-state index contributed by atoms with van der Waals surface area (Å²) in [4.78, 5) is 26.9. The minimum atomic E-state index is -0.833. The van der Waals surface area contributed by atoms with Gasteiger partial charge in [-0.05, 0) is 55.9 Å². The van der Waals surface area contributed by atoms with Crippen molar-refractivity contribution < 1.29 is 9.90 Å². The number of likely N-dealkylation sites (tertiary alicyclic amines) is 1. The van der Waals surface area contributed by atoms with Crippen LogP contribution in [0.15, 0.2) is 67.5 Å². The second-order valence-corrected chi connectivity index (χ2v) is 10.6. The summed E-state index contributed by atoms with van der Waals surface area (Å²) in [5.74, 6) is 0.691. The van der Waals surface area contributed by atoms with Crippen LogP contribution in [0.1, 0.15) is 56.3 Å². The Morgan fingerprint density at radius 2 is 1.92 bits per heavy atom. The number of carbonyl (C=O) groups is 1. The van der Waals surface area contributed by atoms with Crippen molar-refractivity contribution in [1.29, 1.82) is 0 Å². The number of pyridine rings is 1. The lowest BCUT2D eigenvalue weighted by Gasteiger charge is -2.37. The van der Waals surface area contributed by atoms with Crippen LogP contribution in [-0.4, -0.2) is 57.8 Å². The number of rotatable bonds is 5. The van der Waals surface area contributed by atoms with E-state index in [2.05, 4.69) is 61.1 Å². The SMILES string of the molecule is CCC1CC(n2cc(-c3cnc4ncc(C5(c6ccc7ncccc7c6)CC5)n4c3)cn2)CCN1C(=O)O. The molecule has 0 spiro atoms. The van der Waals surface area contributed by atoms with Crippen molar-refractivity contribution in [2.45, 2.75) is 56.5 Å². The number of fused-ring (bicyclic) bond motifs is 2. The minimum Gasteiger partial charge on any atom is -0.465 e. The fraction of sp³-hybridized carbons (Fsp3) is 0.345. The zero-order valence-electron chi connectivity index (χ0n) is 21.2. The molecule has 38 heavy (non-hydrogen) atoms. The van der Waals surface area contributed by atoms with Crippen LogP contribution < -0.4 is 0 Å². The number of carboxylic acid groups (broad SMARTS) is 1. The van der Waals surface area contributed by atoms with Crippen molar-refractivity contribution >= 4 is 22.8 Å². The fourth-order valence-electron chi connectivity index (χ4n) is 6.16. The Balaban J connectivity index is 1.20. The highest BCUT2D eigenvalue weighted by molar-refractivity contribution is 5.79. The Kier molecular flexibility index (Phi) is 5.21. The van der Waals surface area contributed by atoms with Crippen molar-refractivity contribution in [2.75, 3.05) is 6.54 Å². The molecule has 1 N–H and O–H groups in total. The molecule has 9 heteroatoms. The van der Waals surface area contributed by atoms with Crippen molar-refractivity contribution in [3.05, 3.63) is 78.8 Å². The number of hydrogen-bond acceptors (Lipinski definition) is 5. The van der Waals surface area contributed by atoms with Gasteiger partial charge in [0.25, 0.3) is 0 Å². The first-order valence-electron chi connectivity index (χ1n) is 13.3. The number of imidazole rings is 1. The molecule has 2 aliphatic rings. The van der Waals surface area contributed by atoms with Gasteiger partial charge in [-0.3, -0.25) is 14.1 Å². The molecule has 1 aliphatic heterocycles. The molecule has 5 heterocycles. The third-order valence-corrected chi connectivity index (χ3v) is 8.47. The Morgan fingerprint density at radius 3 is 2.74 bits per heavy atom. The molecule has 2 unspecified atom stereocenters. The van der Waals surface area contributed by atoms with Gasteiger partial charge in [-0.15, -0.1) is 0 Å². The molecule has 7 rings (SSSR count). The number of aromatic nitrogens is 6. The lowest BCUT2D eigenvalue weighted by Crippen LogP contribution is -2.45. The van der Waals surface area contributed by atoms with Crippen molar-refractivity contribution in [3.8, 4) is 11.1 Å². The van der Waals surface area contributed by atoms with Gasteiger partial charge < -0.3 is 10.0 Å². The summed E-state index contributed by atoms with van der Waals surface area (Å²) in [5.41, 5.74) is 5.36. The molecule has 1 saturated heterocycles. The van der Waals surface area contributed by atoms with Crippen molar-refractivity contribution in [3.63, 3.8) is 0 Å². The Hall–Kier alpha value is -4.27. The molecule has 2 atom stereocenters. The predicted molar refractivity (Wildman–Crippen MR) is 143 cm³/mol. The molecule has 0 radical (unpaired) electrons. The van der Waals surface area contributed by atoms with Gasteiger partial charge in [0.2, 0.25) is 5.78 Å². The molecule has 4 aromatic heterocycles. The Bertz CT molecular complexity index is 1670. The maximum absolute atomic E-state index is 11.6. The van der Waals surface area contributed by atoms with E-state index in [1.54, 1.807) is 4.90 Å². The molecule has 1 amide bonds. The smallest absolute Gasteiger partial charge is 0.407 e. The van der Waals surface area contributed by atoms with E-state index in [1.807, 2.05) is 42.5 Å². The standard InChI is InChI=1S/C29H29N7O2/c1-2-23-13-24(7-11-34(23)28(37)38)36-18-21(15-33-36)20-14-31-27-32-16-26(35(27)17-20)29(8-9-29)22-5-6-25-19(12-22)4-3-10-30-25/h3-6,10,12,14-18,23-24H,2,7-9,11,13H2,1H3,(H,37,38). The van der Waals surface area contributed by atoms with Gasteiger partial charge in [-0.1, -0.05) is 19.1 Å². The summed E-state index contributed by atoms with van der Waals surface area (Å²) in [6.45, 7) is 2.58. The van der Waals surface area contributed by atoms with Gasteiger partial charge in [0.15, 0.2) is 0 Å². The molecule has 192 valence electrons. The molecular weight excluding hydrogens is 478 g/mol. The van der Waals surface area contributed by atoms with E-state index in [-0.39, 0.29) is 17.5 Å². The van der Waals surface area contributed by atoms with E-state index < -0.39 is 6.09 Å². The lowest BCUT2D eigenvalue weighted by atomic mass is 9.91. The van der Waals surface area contributed by atoms with Gasteiger partial charge in [0, 0.05) is 59.3 Å². The van der Waals surface area contributed by atoms with E-state index in [9.17, 15) is 9.90 Å². The van der Waals surface area contributed by atoms with Gasteiger partial charge in [-0.2, -0.15) is 5.10 Å². The van der Waals surface area contributed by atoms with Crippen LogP contribution in [-0.2, 0) is 5.41 Å². The largest absolute Gasteiger partial charge is 0.465 e. The van der Waals surface area contributed by atoms with E-state index >= 15 is 0 Å². The number of hydrogen-bond donors (Lipinski definition) is 1. The summed E-state index contributed by atoms with van der Waals surface area (Å²) in [7, 11) is 0. The monoisotopic (exact) mass is 507 g/mol. The highest BCUT2D eigenvalue weighted by atomic mass is 16.4. The maximum atomic E-state index is 11.6. The highest BCUT2D eigenvalue weighted by Gasteiger charge is 2.48. The average Bonchev–Trinajstić information content (AvgIpc) is 3.40. The molecule has 1 saturated carbocycles. The van der Waals surface area contributed by atoms with E-state index in [4.69, 9.17) is 0 Å². The summed E-state index contributed by atoms with van der Waals surface area (Å²) >= 11 is 0. The predicted octanol–water partition coefficient (Wildman–Crippen LogP) is 5.31. The van der Waals surface area contributed by atoms with Crippen LogP contribution >= 0.6 is 0 Å². The first-order valence-corrected chi connectivity index (χ1v) is 13.3. The minimum absolute atomic E-state index is 0.0195. The second-order valence-electron chi connectivity index (χ2n) is 10.6. The third kappa shape index (κ3) is 3.64. The molecule has 9 nitrogen and oxygen atoms in total. The van der Waals surface area contributed by atoms with Crippen LogP contribution in [0.5, 0.6) is 0 Å². The van der Waals surface area contributed by atoms with E-state index in [0.717, 1.165) is 59.8 Å². The molecule has 5 aromatic rings. The quantitative estimate of drug-likeness (QED) is 0.346. The Morgan fingerprint density at radius 1 is 1.08 bits per heavy atom. The van der Waals surface area contributed by atoms with Gasteiger partial charge in [-0.25, -0.2) is 14.8 Å². The summed E-state index contributed by atoms with van der Waals surface area (Å²) < 4.78 is 4.13. The second kappa shape index (κ2) is 8.65. The summed E-state index contributed by atoms with van der Waals surface area (Å²) in [6.07, 6.45) is 15.4. The van der Waals surface area contributed by atoms with Gasteiger partial charge >= 0.3 is 6.09 Å².